The van der Waals surface area contributed by atoms with Crippen LogP contribution in [-0.2, 0) is 23.7 Å². The van der Waals surface area contributed by atoms with Crippen LogP contribution in [0.15, 0.2) is 12.2 Å². The van der Waals surface area contributed by atoms with Gasteiger partial charge in [-0.15, -0.1) is 0 Å². The Bertz CT molecular complexity index is 426. The monoisotopic (exact) mass is 368 g/mol. The predicted molar refractivity (Wildman–Crippen MR) is 101 cm³/mol. The number of allylic oxidation sites excluding steroid dienone is 1. The van der Waals surface area contributed by atoms with E-state index in [1.54, 1.807) is 14.2 Å². The van der Waals surface area contributed by atoms with E-state index in [-0.39, 0.29) is 30.0 Å². The van der Waals surface area contributed by atoms with Crippen LogP contribution in [0.3, 0.4) is 0 Å². The zero-order valence-electron chi connectivity index (χ0n) is 16.7. The summed E-state index contributed by atoms with van der Waals surface area (Å²) < 4.78 is 22.7. The average molecular weight is 369 g/mol. The summed E-state index contributed by atoms with van der Waals surface area (Å²) in [6.45, 7) is 3.00. The van der Waals surface area contributed by atoms with Crippen molar-refractivity contribution in [1.82, 2.24) is 0 Å². The summed E-state index contributed by atoms with van der Waals surface area (Å²) in [5, 5.41) is 0. The fourth-order valence-electron chi connectivity index (χ4n) is 3.94. The lowest BCUT2D eigenvalue weighted by Gasteiger charge is -2.27. The molecule has 1 saturated heterocycles. The first-order chi connectivity index (χ1) is 12.7. The Morgan fingerprint density at radius 3 is 2.65 bits per heavy atom. The van der Waals surface area contributed by atoms with Gasteiger partial charge in [0, 0.05) is 27.2 Å². The van der Waals surface area contributed by atoms with Crippen molar-refractivity contribution in [2.24, 2.45) is 11.8 Å². The van der Waals surface area contributed by atoms with Crippen LogP contribution in [0.4, 0.5) is 0 Å². The molecule has 150 valence electrons. The number of carbonyl (C=O) groups is 1. The van der Waals surface area contributed by atoms with E-state index in [9.17, 15) is 4.79 Å². The van der Waals surface area contributed by atoms with Gasteiger partial charge in [0.15, 0.2) is 12.6 Å². The maximum atomic E-state index is 12.3. The summed E-state index contributed by atoms with van der Waals surface area (Å²) in [6, 6.07) is 0. The second-order valence-corrected chi connectivity index (χ2v) is 7.39. The Morgan fingerprint density at radius 1 is 1.19 bits per heavy atom. The molecule has 1 aliphatic carbocycles. The average Bonchev–Trinajstić information content (AvgIpc) is 3.02. The van der Waals surface area contributed by atoms with Crippen molar-refractivity contribution in [2.45, 2.75) is 83.4 Å². The number of methoxy groups -OCH3 is 2. The molecule has 5 nitrogen and oxygen atoms in total. The van der Waals surface area contributed by atoms with Gasteiger partial charge < -0.3 is 18.9 Å². The number of rotatable bonds is 11. The molecule has 26 heavy (non-hydrogen) atoms. The molecule has 0 spiro atoms. The first-order valence-electron chi connectivity index (χ1n) is 10.2. The van der Waals surface area contributed by atoms with Crippen molar-refractivity contribution in [3.05, 3.63) is 12.2 Å². The minimum Gasteiger partial charge on any atom is -0.355 e. The number of Topliss-reactive ketones (excluding diaryl/α,β-unsaturated/α-hetero) is 1. The summed E-state index contributed by atoms with van der Waals surface area (Å²) >= 11 is 0. The Labute approximate surface area is 158 Å². The zero-order valence-corrected chi connectivity index (χ0v) is 16.7. The van der Waals surface area contributed by atoms with Crippen LogP contribution in [0.5, 0.6) is 0 Å². The number of unbranched alkanes of at least 4 members (excludes halogenated alkanes) is 2. The van der Waals surface area contributed by atoms with Crippen molar-refractivity contribution in [3.8, 4) is 0 Å². The van der Waals surface area contributed by atoms with Crippen molar-refractivity contribution in [3.63, 3.8) is 0 Å². The largest absolute Gasteiger partial charge is 0.355 e. The van der Waals surface area contributed by atoms with E-state index in [2.05, 4.69) is 19.1 Å². The van der Waals surface area contributed by atoms with Gasteiger partial charge in [-0.05, 0) is 38.0 Å². The highest BCUT2D eigenvalue weighted by molar-refractivity contribution is 5.84. The third-order valence-electron chi connectivity index (χ3n) is 5.44. The van der Waals surface area contributed by atoms with Crippen LogP contribution in [0.25, 0.3) is 0 Å². The van der Waals surface area contributed by atoms with E-state index in [1.165, 1.54) is 19.3 Å². The Hall–Kier alpha value is -0.750. The minimum absolute atomic E-state index is 0.0459. The van der Waals surface area contributed by atoms with Crippen LogP contribution in [0, 0.1) is 11.8 Å². The quantitative estimate of drug-likeness (QED) is 0.310. The summed E-state index contributed by atoms with van der Waals surface area (Å²) in [5.41, 5.74) is 0. The molecule has 0 radical (unpaired) electrons. The predicted octanol–water partition coefficient (Wildman–Crippen LogP) is 4.25. The van der Waals surface area contributed by atoms with Gasteiger partial charge in [0.2, 0.25) is 0 Å². The molecule has 0 amide bonds. The van der Waals surface area contributed by atoms with Gasteiger partial charge in [0.05, 0.1) is 12.0 Å². The van der Waals surface area contributed by atoms with Crippen LogP contribution in [-0.4, -0.2) is 45.3 Å². The van der Waals surface area contributed by atoms with E-state index < -0.39 is 6.29 Å². The van der Waals surface area contributed by atoms with Gasteiger partial charge in [0.1, 0.15) is 5.78 Å². The summed E-state index contributed by atoms with van der Waals surface area (Å²) in [4.78, 5) is 12.3. The first-order valence-corrected chi connectivity index (χ1v) is 10.2. The smallest absolute Gasteiger partial charge is 0.167 e. The maximum absolute atomic E-state index is 12.3. The summed E-state index contributed by atoms with van der Waals surface area (Å²) in [6.07, 6.45) is 13.0. The zero-order chi connectivity index (χ0) is 18.8. The molecule has 0 aromatic rings. The number of ketones is 1. The van der Waals surface area contributed by atoms with Gasteiger partial charge >= 0.3 is 0 Å². The van der Waals surface area contributed by atoms with E-state index >= 15 is 0 Å². The van der Waals surface area contributed by atoms with E-state index in [4.69, 9.17) is 18.9 Å². The lowest BCUT2D eigenvalue weighted by Crippen LogP contribution is -2.32. The lowest BCUT2D eigenvalue weighted by molar-refractivity contribution is -0.179. The molecule has 4 atom stereocenters. The molecule has 1 saturated carbocycles. The molecular weight excluding hydrogens is 332 g/mol. The molecular formula is C21H36O5. The van der Waals surface area contributed by atoms with Crippen molar-refractivity contribution in [2.75, 3.05) is 20.8 Å². The lowest BCUT2D eigenvalue weighted by atomic mass is 9.93. The van der Waals surface area contributed by atoms with Crippen LogP contribution >= 0.6 is 0 Å². The first kappa shape index (κ1) is 21.5. The third-order valence-corrected chi connectivity index (χ3v) is 5.44. The molecule has 0 aromatic carbocycles. The molecule has 1 aliphatic heterocycles. The number of ether oxygens (including phenoxy) is 4. The second kappa shape index (κ2) is 11.9. The number of hydrogen-bond donors (Lipinski definition) is 0. The van der Waals surface area contributed by atoms with Gasteiger partial charge in [-0.3, -0.25) is 4.79 Å². The van der Waals surface area contributed by atoms with Crippen LogP contribution < -0.4 is 0 Å². The number of carbonyl (C=O) groups excluding carboxylic acids is 1. The molecule has 2 aliphatic rings. The van der Waals surface area contributed by atoms with Gasteiger partial charge in [-0.1, -0.05) is 38.3 Å². The van der Waals surface area contributed by atoms with Gasteiger partial charge in [-0.25, -0.2) is 0 Å². The van der Waals surface area contributed by atoms with Crippen LogP contribution in [0.1, 0.15) is 64.7 Å². The highest BCUT2D eigenvalue weighted by atomic mass is 16.7. The maximum Gasteiger partial charge on any atom is 0.167 e. The highest BCUT2D eigenvalue weighted by Crippen LogP contribution is 2.34. The minimum atomic E-state index is -0.471. The highest BCUT2D eigenvalue weighted by Gasteiger charge is 2.39. The molecule has 0 bridgehead atoms. The van der Waals surface area contributed by atoms with Crippen molar-refractivity contribution >= 4 is 5.78 Å². The SMILES string of the molecule is CCCCCC(/C=C/C1CCC(=O)C1C(OC)OC)OC1CCCCO1. The van der Waals surface area contributed by atoms with E-state index in [0.717, 1.165) is 38.7 Å². The fraction of sp³-hybridized carbons (Fsp3) is 0.857. The molecule has 2 fully saturated rings. The molecule has 2 rings (SSSR count). The van der Waals surface area contributed by atoms with Crippen molar-refractivity contribution in [1.29, 1.82) is 0 Å². The Balaban J connectivity index is 1.98. The molecule has 4 unspecified atom stereocenters. The Kier molecular flexibility index (Phi) is 9.83. The summed E-state index contributed by atoms with van der Waals surface area (Å²) in [5.74, 6) is 0.160. The molecule has 1 heterocycles. The second-order valence-electron chi connectivity index (χ2n) is 7.39. The molecule has 0 aromatic heterocycles. The topological polar surface area (TPSA) is 54.0 Å². The third kappa shape index (κ3) is 6.45. The Morgan fingerprint density at radius 2 is 2.00 bits per heavy atom. The normalized spacial score (nSPS) is 28.3. The fourth-order valence-corrected chi connectivity index (χ4v) is 3.94. The molecule has 5 heteroatoms. The summed E-state index contributed by atoms with van der Waals surface area (Å²) in [7, 11) is 3.19. The van der Waals surface area contributed by atoms with E-state index in [1.807, 2.05) is 0 Å². The van der Waals surface area contributed by atoms with Gasteiger partial charge in [-0.2, -0.15) is 0 Å². The standard InChI is InChI=1S/C21H36O5/c1-4-5-6-9-17(26-19-10-7-8-15-25-19)13-11-16-12-14-18(22)20(16)21(23-2)24-3/h11,13,16-17,19-21H,4-10,12,14-15H2,1-3H3/b13-11+. The number of hydrogen-bond acceptors (Lipinski definition) is 5. The molecule has 0 N–H and O–H groups in total. The van der Waals surface area contributed by atoms with Crippen LogP contribution in [0.2, 0.25) is 0 Å². The van der Waals surface area contributed by atoms with E-state index in [0.29, 0.717) is 6.42 Å². The van der Waals surface area contributed by atoms with Crippen molar-refractivity contribution < 1.29 is 23.7 Å². The van der Waals surface area contributed by atoms with Gasteiger partial charge in [0.25, 0.3) is 0 Å².